The van der Waals surface area contributed by atoms with E-state index in [0.29, 0.717) is 31.6 Å². The van der Waals surface area contributed by atoms with Crippen molar-refractivity contribution in [2.75, 3.05) is 18.0 Å². The molecule has 4 heteroatoms. The second-order valence-corrected chi connectivity index (χ2v) is 3.77. The number of nitriles is 1. The first-order valence-electron chi connectivity index (χ1n) is 5.17. The molecule has 0 atom stereocenters. The molecule has 0 saturated carbocycles. The first-order valence-corrected chi connectivity index (χ1v) is 5.17. The Morgan fingerprint density at radius 1 is 1.31 bits per heavy atom. The Bertz CT molecular complexity index is 455. The zero-order chi connectivity index (χ0) is 11.5. The predicted octanol–water partition coefficient (Wildman–Crippen LogP) is 1.87. The molecule has 0 aliphatic carbocycles. The van der Waals surface area contributed by atoms with Crippen molar-refractivity contribution in [2.45, 2.75) is 12.8 Å². The number of anilines is 1. The molecule has 1 aromatic carbocycles. The van der Waals surface area contributed by atoms with Crippen LogP contribution in [0.4, 0.5) is 10.1 Å². The molecule has 1 aromatic rings. The van der Waals surface area contributed by atoms with Gasteiger partial charge in [-0.15, -0.1) is 0 Å². The Kier molecular flexibility index (Phi) is 2.86. The van der Waals surface area contributed by atoms with Gasteiger partial charge in [-0.05, 0) is 12.1 Å². The fourth-order valence-electron chi connectivity index (χ4n) is 1.88. The SMILES string of the molecule is N#Cc1c(F)cccc1N1CCC(=O)CC1. The van der Waals surface area contributed by atoms with E-state index in [1.807, 2.05) is 11.0 Å². The summed E-state index contributed by atoms with van der Waals surface area (Å²) in [7, 11) is 0. The van der Waals surface area contributed by atoms with Crippen LogP contribution in [0.5, 0.6) is 0 Å². The number of carbonyl (C=O) groups excluding carboxylic acids is 1. The van der Waals surface area contributed by atoms with Gasteiger partial charge >= 0.3 is 0 Å². The van der Waals surface area contributed by atoms with Crippen LogP contribution in [0.2, 0.25) is 0 Å². The smallest absolute Gasteiger partial charge is 0.143 e. The maximum absolute atomic E-state index is 13.4. The Hall–Kier alpha value is -1.89. The highest BCUT2D eigenvalue weighted by molar-refractivity contribution is 5.81. The third-order valence-corrected chi connectivity index (χ3v) is 2.77. The Balaban J connectivity index is 2.31. The zero-order valence-electron chi connectivity index (χ0n) is 8.74. The van der Waals surface area contributed by atoms with Crippen molar-refractivity contribution in [1.29, 1.82) is 5.26 Å². The summed E-state index contributed by atoms with van der Waals surface area (Å²) in [6, 6.07) is 6.45. The lowest BCUT2D eigenvalue weighted by Crippen LogP contribution is -2.34. The van der Waals surface area contributed by atoms with Crippen LogP contribution < -0.4 is 4.90 Å². The topological polar surface area (TPSA) is 44.1 Å². The van der Waals surface area contributed by atoms with E-state index in [1.165, 1.54) is 6.07 Å². The second kappa shape index (κ2) is 4.31. The molecule has 0 spiro atoms. The molecule has 1 saturated heterocycles. The van der Waals surface area contributed by atoms with Crippen molar-refractivity contribution in [3.8, 4) is 6.07 Å². The van der Waals surface area contributed by atoms with Crippen molar-refractivity contribution in [3.05, 3.63) is 29.6 Å². The summed E-state index contributed by atoms with van der Waals surface area (Å²) in [6.07, 6.45) is 0.947. The van der Waals surface area contributed by atoms with Gasteiger partial charge in [0.15, 0.2) is 0 Å². The molecular formula is C12H11FN2O. The number of rotatable bonds is 1. The number of benzene rings is 1. The molecule has 0 amide bonds. The first kappa shape index (κ1) is 10.6. The summed E-state index contributed by atoms with van der Waals surface area (Å²) in [5.41, 5.74) is 0.659. The standard InChI is InChI=1S/C12H11FN2O/c13-11-2-1-3-12(10(11)8-14)15-6-4-9(16)5-7-15/h1-3H,4-7H2. The van der Waals surface area contributed by atoms with Crippen molar-refractivity contribution >= 4 is 11.5 Å². The summed E-state index contributed by atoms with van der Waals surface area (Å²) < 4.78 is 13.4. The molecule has 82 valence electrons. The molecule has 0 aromatic heterocycles. The molecule has 2 rings (SSSR count). The van der Waals surface area contributed by atoms with Gasteiger partial charge in [-0.3, -0.25) is 4.79 Å². The van der Waals surface area contributed by atoms with Gasteiger partial charge in [-0.1, -0.05) is 6.07 Å². The van der Waals surface area contributed by atoms with E-state index in [2.05, 4.69) is 0 Å². The number of halogens is 1. The lowest BCUT2D eigenvalue weighted by molar-refractivity contribution is -0.119. The Labute approximate surface area is 93.1 Å². The van der Waals surface area contributed by atoms with Crippen molar-refractivity contribution in [1.82, 2.24) is 0 Å². The Morgan fingerprint density at radius 3 is 2.62 bits per heavy atom. The monoisotopic (exact) mass is 218 g/mol. The summed E-state index contributed by atoms with van der Waals surface area (Å²) in [5, 5.41) is 8.90. The van der Waals surface area contributed by atoms with Crippen LogP contribution in [-0.4, -0.2) is 18.9 Å². The van der Waals surface area contributed by atoms with E-state index in [4.69, 9.17) is 5.26 Å². The highest BCUT2D eigenvalue weighted by atomic mass is 19.1. The van der Waals surface area contributed by atoms with E-state index in [-0.39, 0.29) is 11.3 Å². The minimum Gasteiger partial charge on any atom is -0.369 e. The molecular weight excluding hydrogens is 207 g/mol. The number of carbonyl (C=O) groups is 1. The largest absolute Gasteiger partial charge is 0.369 e. The molecule has 0 N–H and O–H groups in total. The minimum atomic E-state index is -0.503. The first-order chi connectivity index (χ1) is 7.72. The Morgan fingerprint density at radius 2 is 2.00 bits per heavy atom. The van der Waals surface area contributed by atoms with Crippen molar-refractivity contribution in [3.63, 3.8) is 0 Å². The number of hydrogen-bond donors (Lipinski definition) is 0. The summed E-state index contributed by atoms with van der Waals surface area (Å²) in [5.74, 6) is -0.275. The average Bonchev–Trinajstić information content (AvgIpc) is 2.30. The van der Waals surface area contributed by atoms with Crippen LogP contribution in [0, 0.1) is 17.1 Å². The van der Waals surface area contributed by atoms with Gasteiger partial charge in [0.1, 0.15) is 23.2 Å². The molecule has 3 nitrogen and oxygen atoms in total. The number of piperidine rings is 1. The normalized spacial score (nSPS) is 16.0. The average molecular weight is 218 g/mol. The lowest BCUT2D eigenvalue weighted by atomic mass is 10.1. The summed E-state index contributed by atoms with van der Waals surface area (Å²) >= 11 is 0. The van der Waals surface area contributed by atoms with E-state index in [1.54, 1.807) is 12.1 Å². The predicted molar refractivity (Wildman–Crippen MR) is 57.6 cm³/mol. The number of Topliss-reactive ketones (excluding diaryl/α,β-unsaturated/α-hetero) is 1. The van der Waals surface area contributed by atoms with Crippen LogP contribution >= 0.6 is 0 Å². The number of hydrogen-bond acceptors (Lipinski definition) is 3. The highest BCUT2D eigenvalue weighted by Gasteiger charge is 2.20. The third-order valence-electron chi connectivity index (χ3n) is 2.77. The van der Waals surface area contributed by atoms with E-state index in [0.717, 1.165) is 0 Å². The van der Waals surface area contributed by atoms with Gasteiger partial charge in [0.25, 0.3) is 0 Å². The van der Waals surface area contributed by atoms with Crippen LogP contribution in [0.15, 0.2) is 18.2 Å². The third kappa shape index (κ3) is 1.89. The molecule has 1 fully saturated rings. The van der Waals surface area contributed by atoms with Gasteiger partial charge in [0.05, 0.1) is 5.69 Å². The van der Waals surface area contributed by atoms with E-state index in [9.17, 15) is 9.18 Å². The van der Waals surface area contributed by atoms with Crippen LogP contribution in [-0.2, 0) is 4.79 Å². The van der Waals surface area contributed by atoms with Crippen LogP contribution in [0.3, 0.4) is 0 Å². The van der Waals surface area contributed by atoms with E-state index >= 15 is 0 Å². The molecule has 0 unspecified atom stereocenters. The molecule has 1 aliphatic heterocycles. The van der Waals surface area contributed by atoms with Gasteiger partial charge in [-0.2, -0.15) is 5.26 Å². The van der Waals surface area contributed by atoms with E-state index < -0.39 is 5.82 Å². The fourth-order valence-corrected chi connectivity index (χ4v) is 1.88. The maximum atomic E-state index is 13.4. The molecule has 1 aliphatic rings. The molecule has 0 bridgehead atoms. The summed E-state index contributed by atoms with van der Waals surface area (Å²) in [4.78, 5) is 13.0. The molecule has 1 heterocycles. The van der Waals surface area contributed by atoms with Gasteiger partial charge < -0.3 is 4.90 Å². The van der Waals surface area contributed by atoms with Crippen LogP contribution in [0.25, 0.3) is 0 Å². The van der Waals surface area contributed by atoms with Gasteiger partial charge in [0, 0.05) is 25.9 Å². The maximum Gasteiger partial charge on any atom is 0.143 e. The van der Waals surface area contributed by atoms with Crippen molar-refractivity contribution in [2.24, 2.45) is 0 Å². The van der Waals surface area contributed by atoms with Gasteiger partial charge in [0.2, 0.25) is 0 Å². The number of nitrogens with zero attached hydrogens (tertiary/aromatic N) is 2. The second-order valence-electron chi connectivity index (χ2n) is 3.77. The quantitative estimate of drug-likeness (QED) is 0.722. The summed E-state index contributed by atoms with van der Waals surface area (Å²) in [6.45, 7) is 1.13. The van der Waals surface area contributed by atoms with Crippen LogP contribution in [0.1, 0.15) is 18.4 Å². The fraction of sp³-hybridized carbons (Fsp3) is 0.333. The molecule has 16 heavy (non-hydrogen) atoms. The van der Waals surface area contributed by atoms with Gasteiger partial charge in [-0.25, -0.2) is 4.39 Å². The van der Waals surface area contributed by atoms with Crippen molar-refractivity contribution < 1.29 is 9.18 Å². The minimum absolute atomic E-state index is 0.0665. The highest BCUT2D eigenvalue weighted by Crippen LogP contribution is 2.24. The lowest BCUT2D eigenvalue weighted by Gasteiger charge is -2.28. The zero-order valence-corrected chi connectivity index (χ0v) is 8.74. The molecule has 0 radical (unpaired) electrons. The number of ketones is 1.